The molecule has 0 aromatic carbocycles. The first-order valence-corrected chi connectivity index (χ1v) is 5.35. The lowest BCUT2D eigenvalue weighted by atomic mass is 10.1. The Kier molecular flexibility index (Phi) is 4.05. The van der Waals surface area contributed by atoms with Gasteiger partial charge in [0, 0.05) is 6.42 Å². The molecule has 1 aromatic heterocycles. The van der Waals surface area contributed by atoms with Gasteiger partial charge in [-0.2, -0.15) is 5.26 Å². The molecule has 0 aliphatic carbocycles. The van der Waals surface area contributed by atoms with Gasteiger partial charge in [0.1, 0.15) is 17.4 Å². The predicted octanol–water partition coefficient (Wildman–Crippen LogP) is 2.40. The number of hydrogen-bond acceptors (Lipinski definition) is 4. The molecule has 5 nitrogen and oxygen atoms in total. The number of rotatable bonds is 4. The summed E-state index contributed by atoms with van der Waals surface area (Å²) in [6, 6.07) is 1.88. The molecule has 0 unspecified atom stereocenters. The third-order valence-electron chi connectivity index (χ3n) is 2.28. The van der Waals surface area contributed by atoms with E-state index in [2.05, 4.69) is 5.32 Å². The van der Waals surface area contributed by atoms with Gasteiger partial charge in [-0.1, -0.05) is 6.92 Å². The van der Waals surface area contributed by atoms with Gasteiger partial charge in [0.25, 0.3) is 0 Å². The van der Waals surface area contributed by atoms with E-state index >= 15 is 0 Å². The van der Waals surface area contributed by atoms with Crippen LogP contribution in [0.3, 0.4) is 0 Å². The normalized spacial score (nSPS) is 9.76. The van der Waals surface area contributed by atoms with Crippen LogP contribution in [0.1, 0.15) is 48.4 Å². The molecule has 0 aliphatic rings. The van der Waals surface area contributed by atoms with E-state index in [1.165, 1.54) is 6.92 Å². The minimum absolute atomic E-state index is 0.0636. The molecule has 0 saturated heterocycles. The summed E-state index contributed by atoms with van der Waals surface area (Å²) in [6.07, 6.45) is 1.05. The standard InChI is InChI=1S/C12H14N2O3/c1-4-5-10(16)14-12-9(6-13)11(7(2)15)8(3)17-12/h4-5H2,1-3H3,(H,14,16). The van der Waals surface area contributed by atoms with Gasteiger partial charge < -0.3 is 4.42 Å². The molecule has 0 bridgehead atoms. The number of amides is 1. The van der Waals surface area contributed by atoms with E-state index in [0.717, 1.165) is 0 Å². The third kappa shape index (κ3) is 2.72. The van der Waals surface area contributed by atoms with Crippen LogP contribution in [0, 0.1) is 18.3 Å². The number of Topliss-reactive ketones (excluding diaryl/α,β-unsaturated/α-hetero) is 1. The van der Waals surface area contributed by atoms with E-state index in [9.17, 15) is 9.59 Å². The highest BCUT2D eigenvalue weighted by molar-refractivity contribution is 6.00. The number of nitrogens with zero attached hydrogens (tertiary/aromatic N) is 1. The summed E-state index contributed by atoms with van der Waals surface area (Å²) in [5.74, 6) is -0.0684. The Morgan fingerprint density at radius 3 is 2.59 bits per heavy atom. The zero-order valence-electron chi connectivity index (χ0n) is 10.1. The number of carbonyl (C=O) groups excluding carboxylic acids is 2. The fourth-order valence-electron chi connectivity index (χ4n) is 1.58. The van der Waals surface area contributed by atoms with Crippen LogP contribution in [0.15, 0.2) is 4.42 Å². The second kappa shape index (κ2) is 5.30. The maximum absolute atomic E-state index is 11.4. The Bertz CT molecular complexity index is 495. The lowest BCUT2D eigenvalue weighted by molar-refractivity contribution is -0.116. The summed E-state index contributed by atoms with van der Waals surface area (Å²) < 4.78 is 5.24. The average molecular weight is 234 g/mol. The number of anilines is 1. The third-order valence-corrected chi connectivity index (χ3v) is 2.28. The van der Waals surface area contributed by atoms with Crippen molar-refractivity contribution in [2.24, 2.45) is 0 Å². The van der Waals surface area contributed by atoms with E-state index in [0.29, 0.717) is 18.6 Å². The Hall–Kier alpha value is -2.09. The molecule has 1 heterocycles. The summed E-state index contributed by atoms with van der Waals surface area (Å²) in [5, 5.41) is 11.5. The van der Waals surface area contributed by atoms with E-state index in [1.807, 2.05) is 13.0 Å². The largest absolute Gasteiger partial charge is 0.443 e. The molecular weight excluding hydrogens is 220 g/mol. The van der Waals surface area contributed by atoms with Crippen LogP contribution in [-0.2, 0) is 4.79 Å². The summed E-state index contributed by atoms with van der Waals surface area (Å²) in [6.45, 7) is 4.82. The fraction of sp³-hybridized carbons (Fsp3) is 0.417. The van der Waals surface area contributed by atoms with Crippen LogP contribution in [0.5, 0.6) is 0 Å². The van der Waals surface area contributed by atoms with Gasteiger partial charge in [-0.25, -0.2) is 0 Å². The van der Waals surface area contributed by atoms with Gasteiger partial charge in [0.15, 0.2) is 5.78 Å². The first kappa shape index (κ1) is 13.0. The lowest BCUT2D eigenvalue weighted by Gasteiger charge is -2.00. The fourth-order valence-corrected chi connectivity index (χ4v) is 1.58. The molecule has 0 aliphatic heterocycles. The Labute approximate surface area is 99.4 Å². The van der Waals surface area contributed by atoms with Gasteiger partial charge in [-0.15, -0.1) is 0 Å². The minimum Gasteiger partial charge on any atom is -0.443 e. The topological polar surface area (TPSA) is 83.1 Å². The summed E-state index contributed by atoms with van der Waals surface area (Å²) >= 11 is 0. The van der Waals surface area contributed by atoms with Crippen molar-refractivity contribution in [3.63, 3.8) is 0 Å². The van der Waals surface area contributed by atoms with E-state index in [4.69, 9.17) is 9.68 Å². The number of furan rings is 1. The highest BCUT2D eigenvalue weighted by atomic mass is 16.4. The molecule has 0 fully saturated rings. The van der Waals surface area contributed by atoms with Gasteiger partial charge in [-0.05, 0) is 20.3 Å². The second-order valence-electron chi connectivity index (χ2n) is 3.70. The zero-order chi connectivity index (χ0) is 13.0. The van der Waals surface area contributed by atoms with Crippen molar-refractivity contribution >= 4 is 17.6 Å². The van der Waals surface area contributed by atoms with Gasteiger partial charge in [0.2, 0.25) is 11.8 Å². The number of ketones is 1. The van der Waals surface area contributed by atoms with Gasteiger partial charge in [-0.3, -0.25) is 14.9 Å². The number of carbonyl (C=O) groups is 2. The van der Waals surface area contributed by atoms with Crippen molar-refractivity contribution in [1.82, 2.24) is 0 Å². The Morgan fingerprint density at radius 1 is 1.47 bits per heavy atom. The van der Waals surface area contributed by atoms with Crippen LogP contribution < -0.4 is 5.32 Å². The van der Waals surface area contributed by atoms with Gasteiger partial charge in [0.05, 0.1) is 5.56 Å². The van der Waals surface area contributed by atoms with Crippen molar-refractivity contribution in [2.75, 3.05) is 5.32 Å². The summed E-state index contributed by atoms with van der Waals surface area (Å²) in [4.78, 5) is 22.8. The predicted molar refractivity (Wildman–Crippen MR) is 61.7 cm³/mol. The second-order valence-corrected chi connectivity index (χ2v) is 3.70. The molecule has 1 N–H and O–H groups in total. The zero-order valence-corrected chi connectivity index (χ0v) is 10.1. The molecule has 5 heteroatoms. The maximum atomic E-state index is 11.4. The van der Waals surface area contributed by atoms with E-state index in [-0.39, 0.29) is 28.7 Å². The maximum Gasteiger partial charge on any atom is 0.226 e. The SMILES string of the molecule is CCCC(=O)Nc1oc(C)c(C(C)=O)c1C#N. The Balaban J connectivity index is 3.10. The summed E-state index contributed by atoms with van der Waals surface area (Å²) in [5.41, 5.74) is 0.332. The Morgan fingerprint density at radius 2 is 2.12 bits per heavy atom. The van der Waals surface area contributed by atoms with Crippen molar-refractivity contribution in [3.8, 4) is 6.07 Å². The highest BCUT2D eigenvalue weighted by Gasteiger charge is 2.21. The number of nitriles is 1. The van der Waals surface area contributed by atoms with Crippen LogP contribution in [-0.4, -0.2) is 11.7 Å². The van der Waals surface area contributed by atoms with Gasteiger partial charge >= 0.3 is 0 Å². The van der Waals surface area contributed by atoms with Crippen LogP contribution >= 0.6 is 0 Å². The molecule has 0 atom stereocenters. The lowest BCUT2D eigenvalue weighted by Crippen LogP contribution is -2.11. The number of aryl methyl sites for hydroxylation is 1. The van der Waals surface area contributed by atoms with Crippen molar-refractivity contribution in [3.05, 3.63) is 16.9 Å². The van der Waals surface area contributed by atoms with Crippen molar-refractivity contribution in [2.45, 2.75) is 33.6 Å². The minimum atomic E-state index is -0.251. The molecule has 0 radical (unpaired) electrons. The molecule has 0 spiro atoms. The highest BCUT2D eigenvalue weighted by Crippen LogP contribution is 2.26. The smallest absolute Gasteiger partial charge is 0.226 e. The van der Waals surface area contributed by atoms with E-state index < -0.39 is 0 Å². The van der Waals surface area contributed by atoms with Crippen LogP contribution in [0.4, 0.5) is 5.88 Å². The quantitative estimate of drug-likeness (QED) is 0.811. The van der Waals surface area contributed by atoms with Crippen molar-refractivity contribution in [1.29, 1.82) is 5.26 Å². The van der Waals surface area contributed by atoms with Crippen LogP contribution in [0.25, 0.3) is 0 Å². The van der Waals surface area contributed by atoms with Crippen molar-refractivity contribution < 1.29 is 14.0 Å². The average Bonchev–Trinajstić information content (AvgIpc) is 2.54. The molecule has 1 rings (SSSR count). The summed E-state index contributed by atoms with van der Waals surface area (Å²) in [7, 11) is 0. The molecule has 0 saturated carbocycles. The first-order chi connectivity index (χ1) is 8.01. The molecule has 17 heavy (non-hydrogen) atoms. The monoisotopic (exact) mass is 234 g/mol. The molecular formula is C12H14N2O3. The molecule has 1 amide bonds. The number of nitrogens with one attached hydrogen (secondary N) is 1. The molecule has 1 aromatic rings. The van der Waals surface area contributed by atoms with E-state index in [1.54, 1.807) is 6.92 Å². The first-order valence-electron chi connectivity index (χ1n) is 5.35. The molecule has 90 valence electrons. The number of hydrogen-bond donors (Lipinski definition) is 1. The van der Waals surface area contributed by atoms with Crippen LogP contribution in [0.2, 0.25) is 0 Å².